The van der Waals surface area contributed by atoms with Crippen LogP contribution in [-0.2, 0) is 7.05 Å². The Labute approximate surface area is 138 Å². The van der Waals surface area contributed by atoms with Crippen LogP contribution in [0.4, 0.5) is 0 Å². The molecular formula is C17H17ClN2O3. The maximum atomic E-state index is 12.4. The van der Waals surface area contributed by atoms with E-state index in [9.17, 15) is 9.59 Å². The van der Waals surface area contributed by atoms with Crippen molar-refractivity contribution >= 4 is 17.5 Å². The van der Waals surface area contributed by atoms with Crippen LogP contribution in [0.25, 0.3) is 0 Å². The summed E-state index contributed by atoms with van der Waals surface area (Å²) in [5.74, 6) is 0.430. The van der Waals surface area contributed by atoms with Crippen LogP contribution >= 0.6 is 11.6 Å². The molecule has 1 aliphatic heterocycles. The Morgan fingerprint density at radius 1 is 1.35 bits per heavy atom. The summed E-state index contributed by atoms with van der Waals surface area (Å²) in [5.41, 5.74) is 1.05. The van der Waals surface area contributed by atoms with Gasteiger partial charge in [-0.1, -0.05) is 17.7 Å². The van der Waals surface area contributed by atoms with E-state index in [2.05, 4.69) is 5.32 Å². The minimum Gasteiger partial charge on any atom is -0.493 e. The number of amides is 1. The van der Waals surface area contributed by atoms with E-state index >= 15 is 0 Å². The van der Waals surface area contributed by atoms with E-state index < -0.39 is 0 Å². The molecule has 1 aromatic heterocycles. The summed E-state index contributed by atoms with van der Waals surface area (Å²) < 4.78 is 7.12. The third-order valence-corrected chi connectivity index (χ3v) is 4.15. The first-order valence-electron chi connectivity index (χ1n) is 7.44. The Balaban J connectivity index is 1.86. The number of ether oxygens (including phenoxy) is 1. The molecule has 0 saturated carbocycles. The molecule has 1 N–H and O–H groups in total. The van der Waals surface area contributed by atoms with E-state index in [0.29, 0.717) is 22.9 Å². The SMILES string of the molecule is Cn1ccc(C(=O)N[C@H]2CCCOc3cc(Cl)ccc32)cc1=O. The summed E-state index contributed by atoms with van der Waals surface area (Å²) in [6, 6.07) is 8.23. The van der Waals surface area contributed by atoms with Crippen LogP contribution in [0.1, 0.15) is 34.8 Å². The molecule has 0 spiro atoms. The van der Waals surface area contributed by atoms with Gasteiger partial charge in [0, 0.05) is 35.5 Å². The highest BCUT2D eigenvalue weighted by Crippen LogP contribution is 2.33. The number of halogens is 1. The van der Waals surface area contributed by atoms with Crippen LogP contribution in [0.2, 0.25) is 5.02 Å². The summed E-state index contributed by atoms with van der Waals surface area (Å²) in [5, 5.41) is 3.59. The van der Waals surface area contributed by atoms with Gasteiger partial charge in [-0.2, -0.15) is 0 Å². The molecule has 2 aromatic rings. The van der Waals surface area contributed by atoms with E-state index in [1.165, 1.54) is 10.6 Å². The summed E-state index contributed by atoms with van der Waals surface area (Å²) >= 11 is 6.01. The lowest BCUT2D eigenvalue weighted by Crippen LogP contribution is -2.29. The van der Waals surface area contributed by atoms with Gasteiger partial charge in [0.05, 0.1) is 12.6 Å². The number of carbonyl (C=O) groups is 1. The average molecular weight is 333 g/mol. The lowest BCUT2D eigenvalue weighted by Gasteiger charge is -2.18. The fraction of sp³-hybridized carbons (Fsp3) is 0.294. The van der Waals surface area contributed by atoms with Gasteiger partial charge in [0.15, 0.2) is 0 Å². The zero-order valence-corrected chi connectivity index (χ0v) is 13.5. The van der Waals surface area contributed by atoms with Gasteiger partial charge in [-0.25, -0.2) is 0 Å². The monoisotopic (exact) mass is 332 g/mol. The zero-order valence-electron chi connectivity index (χ0n) is 12.7. The number of nitrogens with zero attached hydrogens (tertiary/aromatic N) is 1. The van der Waals surface area contributed by atoms with Crippen LogP contribution in [-0.4, -0.2) is 17.1 Å². The maximum absolute atomic E-state index is 12.4. The molecule has 0 radical (unpaired) electrons. The standard InChI is InChI=1S/C17H17ClN2O3/c1-20-7-6-11(9-16(20)21)17(22)19-14-3-2-8-23-15-10-12(18)4-5-13(14)15/h4-7,9-10,14H,2-3,8H2,1H3,(H,19,22)/t14-/m0/s1. The predicted octanol–water partition coefficient (Wildman–Crippen LogP) is 2.68. The Kier molecular flexibility index (Phi) is 4.39. The first-order chi connectivity index (χ1) is 11.0. The number of aryl methyl sites for hydroxylation is 1. The quantitative estimate of drug-likeness (QED) is 0.919. The van der Waals surface area contributed by atoms with Crippen molar-refractivity contribution in [1.82, 2.24) is 9.88 Å². The smallest absolute Gasteiger partial charge is 0.252 e. The first-order valence-corrected chi connectivity index (χ1v) is 7.82. The van der Waals surface area contributed by atoms with Crippen molar-refractivity contribution < 1.29 is 9.53 Å². The summed E-state index contributed by atoms with van der Waals surface area (Å²) in [6.45, 7) is 0.589. The van der Waals surface area contributed by atoms with Crippen molar-refractivity contribution in [2.75, 3.05) is 6.61 Å². The Morgan fingerprint density at radius 3 is 2.96 bits per heavy atom. The van der Waals surface area contributed by atoms with Gasteiger partial charge in [-0.15, -0.1) is 0 Å². The Hall–Kier alpha value is -2.27. The van der Waals surface area contributed by atoms with Crippen molar-refractivity contribution in [3.63, 3.8) is 0 Å². The highest BCUT2D eigenvalue weighted by Gasteiger charge is 2.22. The number of hydrogen-bond acceptors (Lipinski definition) is 3. The molecule has 23 heavy (non-hydrogen) atoms. The molecule has 2 heterocycles. The molecule has 3 rings (SSSR count). The second-order valence-electron chi connectivity index (χ2n) is 5.56. The van der Waals surface area contributed by atoms with Crippen LogP contribution in [0.3, 0.4) is 0 Å². The van der Waals surface area contributed by atoms with E-state index in [1.807, 2.05) is 6.07 Å². The van der Waals surface area contributed by atoms with Crippen molar-refractivity contribution in [3.05, 3.63) is 63.0 Å². The van der Waals surface area contributed by atoms with E-state index in [4.69, 9.17) is 16.3 Å². The lowest BCUT2D eigenvalue weighted by molar-refractivity contribution is 0.0934. The van der Waals surface area contributed by atoms with Crippen molar-refractivity contribution in [1.29, 1.82) is 0 Å². The largest absolute Gasteiger partial charge is 0.493 e. The molecule has 1 atom stereocenters. The highest BCUT2D eigenvalue weighted by atomic mass is 35.5. The number of pyridine rings is 1. The van der Waals surface area contributed by atoms with Crippen LogP contribution in [0, 0.1) is 0 Å². The normalized spacial score (nSPS) is 16.9. The number of carbonyl (C=O) groups excluding carboxylic acids is 1. The minimum absolute atomic E-state index is 0.165. The molecule has 0 saturated heterocycles. The molecule has 1 aliphatic rings. The number of hydrogen-bond donors (Lipinski definition) is 1. The molecular weight excluding hydrogens is 316 g/mol. The van der Waals surface area contributed by atoms with Crippen LogP contribution in [0.5, 0.6) is 5.75 Å². The fourth-order valence-corrected chi connectivity index (χ4v) is 2.79. The minimum atomic E-state index is -0.268. The highest BCUT2D eigenvalue weighted by molar-refractivity contribution is 6.30. The van der Waals surface area contributed by atoms with Gasteiger partial charge in [0.2, 0.25) is 0 Å². The van der Waals surface area contributed by atoms with Crippen LogP contribution in [0.15, 0.2) is 41.3 Å². The van der Waals surface area contributed by atoms with Gasteiger partial charge in [-0.05, 0) is 31.0 Å². The van der Waals surface area contributed by atoms with E-state index in [1.54, 1.807) is 31.4 Å². The molecule has 1 amide bonds. The Bertz CT molecular complexity index is 801. The molecule has 1 aromatic carbocycles. The first kappa shape index (κ1) is 15.6. The van der Waals surface area contributed by atoms with Gasteiger partial charge in [0.1, 0.15) is 5.75 Å². The molecule has 120 valence electrons. The van der Waals surface area contributed by atoms with Crippen molar-refractivity contribution in [3.8, 4) is 5.75 Å². The summed E-state index contributed by atoms with van der Waals surface area (Å²) in [7, 11) is 1.65. The second kappa shape index (κ2) is 6.46. The number of benzene rings is 1. The zero-order chi connectivity index (χ0) is 16.4. The Morgan fingerprint density at radius 2 is 2.17 bits per heavy atom. The number of nitrogens with one attached hydrogen (secondary N) is 1. The maximum Gasteiger partial charge on any atom is 0.252 e. The third kappa shape index (κ3) is 3.40. The molecule has 0 fully saturated rings. The molecule has 0 aliphatic carbocycles. The van der Waals surface area contributed by atoms with Gasteiger partial charge < -0.3 is 14.6 Å². The van der Waals surface area contributed by atoms with Gasteiger partial charge in [0.25, 0.3) is 11.5 Å². The van der Waals surface area contributed by atoms with E-state index in [-0.39, 0.29) is 17.5 Å². The summed E-state index contributed by atoms with van der Waals surface area (Å²) in [6.07, 6.45) is 3.18. The molecule has 6 heteroatoms. The van der Waals surface area contributed by atoms with Crippen LogP contribution < -0.4 is 15.6 Å². The molecule has 0 unspecified atom stereocenters. The predicted molar refractivity (Wildman–Crippen MR) is 88.1 cm³/mol. The summed E-state index contributed by atoms with van der Waals surface area (Å²) in [4.78, 5) is 24.1. The van der Waals surface area contributed by atoms with E-state index in [0.717, 1.165) is 18.4 Å². The lowest BCUT2D eigenvalue weighted by atomic mass is 10.0. The topological polar surface area (TPSA) is 60.3 Å². The number of fused-ring (bicyclic) bond motifs is 1. The van der Waals surface area contributed by atoms with Crippen molar-refractivity contribution in [2.24, 2.45) is 7.05 Å². The van der Waals surface area contributed by atoms with Gasteiger partial charge >= 0.3 is 0 Å². The van der Waals surface area contributed by atoms with Crippen molar-refractivity contribution in [2.45, 2.75) is 18.9 Å². The average Bonchev–Trinajstić information content (AvgIpc) is 2.72. The number of rotatable bonds is 2. The second-order valence-corrected chi connectivity index (χ2v) is 6.00. The molecule has 0 bridgehead atoms. The van der Waals surface area contributed by atoms with Gasteiger partial charge in [-0.3, -0.25) is 9.59 Å². The molecule has 5 nitrogen and oxygen atoms in total. The third-order valence-electron chi connectivity index (χ3n) is 3.92. The number of aromatic nitrogens is 1. The fourth-order valence-electron chi connectivity index (χ4n) is 2.63.